The van der Waals surface area contributed by atoms with Crippen LogP contribution in [0, 0.1) is 13.8 Å². The first-order chi connectivity index (χ1) is 9.24. The van der Waals surface area contributed by atoms with E-state index in [9.17, 15) is 0 Å². The zero-order valence-corrected chi connectivity index (χ0v) is 10.9. The van der Waals surface area contributed by atoms with E-state index in [1.165, 1.54) is 5.56 Å². The van der Waals surface area contributed by atoms with E-state index in [1.54, 1.807) is 0 Å². The maximum Gasteiger partial charge on any atom is 0.248 e. The van der Waals surface area contributed by atoms with Gasteiger partial charge in [-0.25, -0.2) is 0 Å². The van der Waals surface area contributed by atoms with E-state index in [-0.39, 0.29) is 0 Å². The third-order valence-electron chi connectivity index (χ3n) is 3.07. The number of hydrogen-bond donors (Lipinski definition) is 0. The molecule has 3 rings (SSSR count). The molecule has 0 aliphatic carbocycles. The lowest BCUT2D eigenvalue weighted by molar-refractivity contribution is 0.584. The van der Waals surface area contributed by atoms with Gasteiger partial charge < -0.3 is 4.42 Å². The molecule has 3 heteroatoms. The highest BCUT2D eigenvalue weighted by atomic mass is 16.4. The highest BCUT2D eigenvalue weighted by molar-refractivity contribution is 5.61. The van der Waals surface area contributed by atoms with Gasteiger partial charge >= 0.3 is 0 Å². The van der Waals surface area contributed by atoms with Gasteiger partial charge in [0.1, 0.15) is 0 Å². The molecule has 0 radical (unpaired) electrons. The molecule has 0 saturated heterocycles. The highest BCUT2D eigenvalue weighted by Crippen LogP contribution is 2.26. The summed E-state index contributed by atoms with van der Waals surface area (Å²) in [5.41, 5.74) is 4.25. The van der Waals surface area contributed by atoms with Crippen molar-refractivity contribution >= 4 is 0 Å². The average Bonchev–Trinajstić information content (AvgIpc) is 2.92. The van der Waals surface area contributed by atoms with Gasteiger partial charge in [-0.1, -0.05) is 35.9 Å². The summed E-state index contributed by atoms with van der Waals surface area (Å²) >= 11 is 0. The molecule has 19 heavy (non-hydrogen) atoms. The quantitative estimate of drug-likeness (QED) is 0.689. The number of aromatic nitrogens is 2. The fourth-order valence-corrected chi connectivity index (χ4v) is 2.00. The van der Waals surface area contributed by atoms with Gasteiger partial charge in [-0.05, 0) is 37.6 Å². The zero-order chi connectivity index (χ0) is 13.2. The zero-order valence-electron chi connectivity index (χ0n) is 10.9. The summed E-state index contributed by atoms with van der Waals surface area (Å²) < 4.78 is 5.77. The molecule has 0 fully saturated rings. The first-order valence-electron chi connectivity index (χ1n) is 6.20. The summed E-state index contributed by atoms with van der Waals surface area (Å²) in [6, 6.07) is 16.0. The molecule has 2 aromatic carbocycles. The van der Waals surface area contributed by atoms with Crippen LogP contribution in [0.1, 0.15) is 11.1 Å². The molecule has 0 N–H and O–H groups in total. The maximum absolute atomic E-state index is 5.77. The second kappa shape index (κ2) is 4.69. The predicted octanol–water partition coefficient (Wildman–Crippen LogP) is 4.02. The SMILES string of the molecule is Cc1ccc(C)c(-c2nnc(-c3ccccc3)o2)c1. The van der Waals surface area contributed by atoms with Gasteiger partial charge in [0, 0.05) is 11.1 Å². The van der Waals surface area contributed by atoms with Gasteiger partial charge in [0.05, 0.1) is 0 Å². The topological polar surface area (TPSA) is 38.9 Å². The highest BCUT2D eigenvalue weighted by Gasteiger charge is 2.12. The Bertz CT molecular complexity index is 702. The molecule has 1 heterocycles. The van der Waals surface area contributed by atoms with Gasteiger partial charge in [0.25, 0.3) is 0 Å². The molecule has 1 aromatic heterocycles. The van der Waals surface area contributed by atoms with Crippen LogP contribution in [-0.4, -0.2) is 10.2 Å². The largest absolute Gasteiger partial charge is 0.416 e. The van der Waals surface area contributed by atoms with Crippen LogP contribution in [0.25, 0.3) is 22.9 Å². The summed E-state index contributed by atoms with van der Waals surface area (Å²) in [5, 5.41) is 8.27. The lowest BCUT2D eigenvalue weighted by Gasteiger charge is -2.01. The number of rotatable bonds is 2. The van der Waals surface area contributed by atoms with Crippen LogP contribution in [0.5, 0.6) is 0 Å². The van der Waals surface area contributed by atoms with E-state index in [4.69, 9.17) is 4.42 Å². The van der Waals surface area contributed by atoms with Gasteiger partial charge in [0.2, 0.25) is 11.8 Å². The Kier molecular flexibility index (Phi) is 2.88. The van der Waals surface area contributed by atoms with Gasteiger partial charge in [0.15, 0.2) is 0 Å². The van der Waals surface area contributed by atoms with Crippen molar-refractivity contribution in [1.29, 1.82) is 0 Å². The first kappa shape index (κ1) is 11.7. The Morgan fingerprint density at radius 1 is 0.842 bits per heavy atom. The second-order valence-electron chi connectivity index (χ2n) is 4.60. The van der Waals surface area contributed by atoms with Crippen LogP contribution >= 0.6 is 0 Å². The number of hydrogen-bond acceptors (Lipinski definition) is 3. The maximum atomic E-state index is 5.77. The number of aryl methyl sites for hydroxylation is 2. The summed E-state index contributed by atoms with van der Waals surface area (Å²) in [4.78, 5) is 0. The van der Waals surface area contributed by atoms with Gasteiger partial charge in [-0.15, -0.1) is 10.2 Å². The number of nitrogens with zero attached hydrogens (tertiary/aromatic N) is 2. The molecule has 3 nitrogen and oxygen atoms in total. The Balaban J connectivity index is 2.04. The minimum atomic E-state index is 0.552. The summed E-state index contributed by atoms with van der Waals surface area (Å²) in [7, 11) is 0. The van der Waals surface area contributed by atoms with E-state index in [1.807, 2.05) is 37.3 Å². The van der Waals surface area contributed by atoms with Gasteiger partial charge in [-0.3, -0.25) is 0 Å². The lowest BCUT2D eigenvalue weighted by Crippen LogP contribution is -1.84. The summed E-state index contributed by atoms with van der Waals surface area (Å²) in [6.07, 6.45) is 0. The molecular formula is C16H14N2O. The molecule has 0 atom stereocenters. The van der Waals surface area contributed by atoms with Crippen molar-refractivity contribution < 1.29 is 4.42 Å². The van der Waals surface area contributed by atoms with E-state index < -0.39 is 0 Å². The Hall–Kier alpha value is -2.42. The van der Waals surface area contributed by atoms with Crippen molar-refractivity contribution in [2.75, 3.05) is 0 Å². The molecule has 0 bridgehead atoms. The van der Waals surface area contributed by atoms with Crippen molar-refractivity contribution in [3.8, 4) is 22.9 Å². The molecule has 0 amide bonds. The van der Waals surface area contributed by atoms with Crippen molar-refractivity contribution in [1.82, 2.24) is 10.2 Å². The fraction of sp³-hybridized carbons (Fsp3) is 0.125. The van der Waals surface area contributed by atoms with E-state index in [2.05, 4.69) is 35.3 Å². The fourth-order valence-electron chi connectivity index (χ4n) is 2.00. The van der Waals surface area contributed by atoms with Crippen LogP contribution < -0.4 is 0 Å². The third kappa shape index (κ3) is 2.27. The number of benzene rings is 2. The summed E-state index contributed by atoms with van der Waals surface area (Å²) in [5.74, 6) is 1.12. The van der Waals surface area contributed by atoms with Crippen LogP contribution in [0.4, 0.5) is 0 Å². The Labute approximate surface area is 111 Å². The Morgan fingerprint density at radius 3 is 2.37 bits per heavy atom. The predicted molar refractivity (Wildman–Crippen MR) is 74.6 cm³/mol. The minimum absolute atomic E-state index is 0.552. The first-order valence-corrected chi connectivity index (χ1v) is 6.20. The van der Waals surface area contributed by atoms with Gasteiger partial charge in [-0.2, -0.15) is 0 Å². The Morgan fingerprint density at radius 2 is 1.58 bits per heavy atom. The smallest absolute Gasteiger partial charge is 0.248 e. The average molecular weight is 250 g/mol. The monoisotopic (exact) mass is 250 g/mol. The van der Waals surface area contributed by atoms with E-state index >= 15 is 0 Å². The standard InChI is InChI=1S/C16H14N2O/c1-11-8-9-12(2)14(10-11)16-18-17-15(19-16)13-6-4-3-5-7-13/h3-10H,1-2H3. The van der Waals surface area contributed by atoms with Crippen molar-refractivity contribution in [3.63, 3.8) is 0 Å². The van der Waals surface area contributed by atoms with Crippen molar-refractivity contribution in [2.24, 2.45) is 0 Å². The van der Waals surface area contributed by atoms with Crippen LogP contribution in [0.3, 0.4) is 0 Å². The third-order valence-corrected chi connectivity index (χ3v) is 3.07. The van der Waals surface area contributed by atoms with Crippen LogP contribution in [0.15, 0.2) is 52.9 Å². The summed E-state index contributed by atoms with van der Waals surface area (Å²) in [6.45, 7) is 4.10. The van der Waals surface area contributed by atoms with Crippen LogP contribution in [-0.2, 0) is 0 Å². The molecule has 94 valence electrons. The second-order valence-corrected chi connectivity index (χ2v) is 4.60. The minimum Gasteiger partial charge on any atom is -0.416 e. The molecular weight excluding hydrogens is 236 g/mol. The van der Waals surface area contributed by atoms with Crippen molar-refractivity contribution in [3.05, 3.63) is 59.7 Å². The molecule has 0 aliphatic rings. The molecule has 0 spiro atoms. The van der Waals surface area contributed by atoms with Crippen molar-refractivity contribution in [2.45, 2.75) is 13.8 Å². The van der Waals surface area contributed by atoms with E-state index in [0.717, 1.165) is 16.7 Å². The molecule has 0 aliphatic heterocycles. The van der Waals surface area contributed by atoms with Crippen LogP contribution in [0.2, 0.25) is 0 Å². The normalized spacial score (nSPS) is 10.6. The molecule has 0 unspecified atom stereocenters. The lowest BCUT2D eigenvalue weighted by atomic mass is 10.1. The van der Waals surface area contributed by atoms with E-state index in [0.29, 0.717) is 11.8 Å². The molecule has 0 saturated carbocycles. The molecule has 3 aromatic rings.